The summed E-state index contributed by atoms with van der Waals surface area (Å²) < 4.78 is 11.2. The van der Waals surface area contributed by atoms with Crippen LogP contribution in [0.15, 0.2) is 192 Å². The second-order valence-electron chi connectivity index (χ2n) is 13.6. The van der Waals surface area contributed by atoms with Gasteiger partial charge in [0.1, 0.15) is 5.52 Å². The van der Waals surface area contributed by atoms with Gasteiger partial charge in [0.2, 0.25) is 5.89 Å². The van der Waals surface area contributed by atoms with E-state index in [-0.39, 0.29) is 0 Å². The first kappa shape index (κ1) is 31.8. The monoisotopic (exact) mass is 741 g/mol. The molecule has 6 heteroatoms. The molecule has 4 nitrogen and oxygen atoms in total. The smallest absolute Gasteiger partial charge is 0.227 e. The number of rotatable bonds is 7. The second-order valence-corrected chi connectivity index (χ2v) is 15.8. The maximum absolute atomic E-state index is 6.13. The lowest BCUT2D eigenvalue weighted by atomic mass is 10.1. The Kier molecular flexibility index (Phi) is 7.50. The van der Waals surface area contributed by atoms with E-state index in [0.29, 0.717) is 5.89 Å². The minimum absolute atomic E-state index is 0.621. The zero-order valence-electron chi connectivity index (χ0n) is 29.5. The summed E-state index contributed by atoms with van der Waals surface area (Å²) in [5.74, 6) is 0.621. The first-order valence-electron chi connectivity index (χ1n) is 18.3. The van der Waals surface area contributed by atoms with Crippen LogP contribution in [0.25, 0.3) is 62.9 Å². The van der Waals surface area contributed by atoms with Crippen molar-refractivity contribution in [3.63, 3.8) is 0 Å². The van der Waals surface area contributed by atoms with Crippen molar-refractivity contribution in [2.24, 2.45) is 0 Å². The molecule has 0 atom stereocenters. The highest BCUT2D eigenvalue weighted by atomic mass is 32.1. The number of para-hydroxylation sites is 4. The molecule has 0 unspecified atom stereocenters. The zero-order valence-corrected chi connectivity index (χ0v) is 31.1. The fraction of sp³-hybridized carbons (Fsp3) is 0. The maximum Gasteiger partial charge on any atom is 0.227 e. The van der Waals surface area contributed by atoms with Crippen LogP contribution in [0.5, 0.6) is 0 Å². The van der Waals surface area contributed by atoms with Gasteiger partial charge in [-0.15, -0.1) is 22.7 Å². The summed E-state index contributed by atoms with van der Waals surface area (Å²) in [5.41, 5.74) is 9.24. The molecule has 0 amide bonds. The summed E-state index contributed by atoms with van der Waals surface area (Å²) >= 11 is 3.68. The summed E-state index contributed by atoms with van der Waals surface area (Å²) in [7, 11) is 0. The van der Waals surface area contributed by atoms with Crippen molar-refractivity contribution in [2.75, 3.05) is 9.80 Å². The van der Waals surface area contributed by atoms with Gasteiger partial charge in [0, 0.05) is 80.0 Å². The van der Waals surface area contributed by atoms with Crippen molar-refractivity contribution in [1.29, 1.82) is 0 Å². The van der Waals surface area contributed by atoms with E-state index in [1.54, 1.807) is 0 Å². The highest BCUT2D eigenvalue weighted by molar-refractivity contribution is 7.26. The number of oxazole rings is 1. The van der Waals surface area contributed by atoms with Crippen LogP contribution in [0, 0.1) is 0 Å². The molecule has 0 fully saturated rings. The minimum Gasteiger partial charge on any atom is -0.436 e. The summed E-state index contributed by atoms with van der Waals surface area (Å²) in [4.78, 5) is 9.44. The molecule has 11 aromatic rings. The third-order valence-electron chi connectivity index (χ3n) is 10.3. The van der Waals surface area contributed by atoms with Gasteiger partial charge in [0.05, 0.1) is 0 Å². The fourth-order valence-corrected chi connectivity index (χ4v) is 9.94. The lowest BCUT2D eigenvalue weighted by molar-refractivity contribution is 0.620. The maximum atomic E-state index is 6.13. The molecule has 0 spiro atoms. The van der Waals surface area contributed by atoms with Gasteiger partial charge >= 0.3 is 0 Å². The Balaban J connectivity index is 1.03. The van der Waals surface area contributed by atoms with Crippen LogP contribution in [0.3, 0.4) is 0 Å². The minimum atomic E-state index is 0.621. The average Bonchev–Trinajstić information content (AvgIpc) is 3.95. The van der Waals surface area contributed by atoms with Crippen molar-refractivity contribution in [3.05, 3.63) is 188 Å². The first-order chi connectivity index (χ1) is 27.2. The number of fused-ring (bicyclic) bond motifs is 7. The van der Waals surface area contributed by atoms with E-state index in [2.05, 4.69) is 174 Å². The lowest BCUT2D eigenvalue weighted by Gasteiger charge is -2.26. The highest BCUT2D eigenvalue weighted by Crippen LogP contribution is 2.45. The van der Waals surface area contributed by atoms with Gasteiger partial charge in [-0.25, -0.2) is 4.98 Å². The van der Waals surface area contributed by atoms with Crippen LogP contribution < -0.4 is 9.80 Å². The van der Waals surface area contributed by atoms with Crippen LogP contribution in [0.1, 0.15) is 0 Å². The zero-order chi connectivity index (χ0) is 36.3. The molecule has 0 bridgehead atoms. The van der Waals surface area contributed by atoms with Crippen LogP contribution in [-0.2, 0) is 0 Å². The van der Waals surface area contributed by atoms with Crippen molar-refractivity contribution in [3.8, 4) is 11.5 Å². The molecule has 0 aliphatic carbocycles. The topological polar surface area (TPSA) is 32.5 Å². The predicted molar refractivity (Wildman–Crippen MR) is 235 cm³/mol. The Bertz CT molecular complexity index is 3090. The summed E-state index contributed by atoms with van der Waals surface area (Å²) in [5, 5.41) is 5.08. The van der Waals surface area contributed by atoms with Crippen molar-refractivity contribution in [2.45, 2.75) is 0 Å². The average molecular weight is 742 g/mol. The third kappa shape index (κ3) is 5.54. The molecule has 8 aromatic carbocycles. The number of nitrogens with zero attached hydrogens (tertiary/aromatic N) is 3. The number of aromatic nitrogens is 1. The van der Waals surface area contributed by atoms with Crippen molar-refractivity contribution < 1.29 is 4.42 Å². The molecular weight excluding hydrogens is 711 g/mol. The Hall–Kier alpha value is -6.73. The molecule has 11 rings (SSSR count). The molecule has 55 heavy (non-hydrogen) atoms. The Morgan fingerprint density at radius 2 is 0.855 bits per heavy atom. The van der Waals surface area contributed by atoms with Gasteiger partial charge in [-0.2, -0.15) is 0 Å². The highest BCUT2D eigenvalue weighted by Gasteiger charge is 2.19. The lowest BCUT2D eigenvalue weighted by Crippen LogP contribution is -2.09. The molecule has 0 aliphatic heterocycles. The molecule has 0 radical (unpaired) electrons. The Morgan fingerprint density at radius 1 is 0.364 bits per heavy atom. The van der Waals surface area contributed by atoms with Gasteiger partial charge < -0.3 is 14.2 Å². The SMILES string of the molecule is c1ccc(N(c2ccccc2)c2ccc3sc4cc(N(c5ccc(-c6nc7ccccc7o6)cc5)c5ccc6c(c5)sc5ccccc56)ccc4c3c2)cc1. The Labute approximate surface area is 325 Å². The molecule has 3 heterocycles. The largest absolute Gasteiger partial charge is 0.436 e. The van der Waals surface area contributed by atoms with Crippen LogP contribution >= 0.6 is 22.7 Å². The second kappa shape index (κ2) is 13.0. The van der Waals surface area contributed by atoms with Gasteiger partial charge in [-0.05, 0) is 109 Å². The van der Waals surface area contributed by atoms with Gasteiger partial charge in [0.15, 0.2) is 5.58 Å². The molecule has 0 saturated carbocycles. The molecule has 0 N–H and O–H groups in total. The number of thiophene rings is 2. The summed E-state index contributed by atoms with van der Waals surface area (Å²) in [6.07, 6.45) is 0. The first-order valence-corrected chi connectivity index (χ1v) is 19.9. The third-order valence-corrected chi connectivity index (χ3v) is 12.5. The summed E-state index contributed by atoms with van der Waals surface area (Å²) in [6.45, 7) is 0. The number of hydrogen-bond donors (Lipinski definition) is 0. The van der Waals surface area contributed by atoms with Crippen LogP contribution in [-0.4, -0.2) is 4.98 Å². The quantitative estimate of drug-likeness (QED) is 0.163. The number of hydrogen-bond acceptors (Lipinski definition) is 6. The number of benzene rings is 8. The predicted octanol–water partition coefficient (Wildman–Crippen LogP) is 15.2. The van der Waals surface area contributed by atoms with E-state index < -0.39 is 0 Å². The fourth-order valence-electron chi connectivity index (χ4n) is 7.68. The van der Waals surface area contributed by atoms with E-state index in [1.807, 2.05) is 46.9 Å². The van der Waals surface area contributed by atoms with Gasteiger partial charge in [-0.1, -0.05) is 78.9 Å². The standard InChI is InChI=1S/C49H31N3OS2/c1-3-11-33(12-4-1)51(34-13-5-2-6-14-34)36-25-28-46-42(29-36)41-27-24-38(31-48(41)55-46)52(37-23-26-40-39-15-7-10-18-45(39)54-47(40)30-37)35-21-19-32(20-22-35)49-50-43-16-8-9-17-44(43)53-49/h1-31H. The van der Waals surface area contributed by atoms with E-state index >= 15 is 0 Å². The molecule has 0 saturated heterocycles. The number of anilines is 6. The molecule has 0 aliphatic rings. The summed E-state index contributed by atoms with van der Waals surface area (Å²) in [6, 6.07) is 66.9. The van der Waals surface area contributed by atoms with E-state index in [1.165, 1.54) is 40.3 Å². The van der Waals surface area contributed by atoms with Gasteiger partial charge in [-0.3, -0.25) is 0 Å². The normalized spacial score (nSPS) is 11.6. The van der Waals surface area contributed by atoms with Crippen molar-refractivity contribution >= 4 is 108 Å². The Morgan fingerprint density at radius 3 is 1.55 bits per heavy atom. The van der Waals surface area contributed by atoms with Gasteiger partial charge in [0.25, 0.3) is 0 Å². The molecule has 3 aromatic heterocycles. The molecular formula is C49H31N3OS2. The van der Waals surface area contributed by atoms with Crippen LogP contribution in [0.4, 0.5) is 34.1 Å². The van der Waals surface area contributed by atoms with E-state index in [9.17, 15) is 0 Å². The molecule has 260 valence electrons. The van der Waals surface area contributed by atoms with Crippen molar-refractivity contribution in [1.82, 2.24) is 4.98 Å². The van der Waals surface area contributed by atoms with E-state index in [0.717, 1.165) is 50.8 Å². The van der Waals surface area contributed by atoms with E-state index in [4.69, 9.17) is 9.40 Å². The van der Waals surface area contributed by atoms with Crippen LogP contribution in [0.2, 0.25) is 0 Å².